The number of hydrogen-bond donors (Lipinski definition) is 1. The van der Waals surface area contributed by atoms with Crippen LogP contribution in [-0.4, -0.2) is 28.5 Å². The number of carboxylic acids is 1. The first-order chi connectivity index (χ1) is 9.66. The summed E-state index contributed by atoms with van der Waals surface area (Å²) < 4.78 is 0. The molecule has 1 aliphatic rings. The third kappa shape index (κ3) is 2.03. The van der Waals surface area contributed by atoms with E-state index in [1.807, 2.05) is 0 Å². The van der Waals surface area contributed by atoms with E-state index < -0.39 is 5.97 Å². The molecule has 0 saturated heterocycles. The molecule has 1 aromatic carbocycles. The first-order valence-corrected chi connectivity index (χ1v) is 6.26. The molecule has 2 aromatic rings. The lowest BCUT2D eigenvalue weighted by atomic mass is 10.1. The third-order valence-electron chi connectivity index (χ3n) is 3.36. The zero-order valence-electron chi connectivity index (χ0n) is 10.6. The van der Waals surface area contributed by atoms with E-state index in [9.17, 15) is 9.59 Å². The number of anilines is 1. The van der Waals surface area contributed by atoms with Crippen LogP contribution >= 0.6 is 0 Å². The summed E-state index contributed by atoms with van der Waals surface area (Å²) in [6.07, 6.45) is 2.30. The van der Waals surface area contributed by atoms with E-state index >= 15 is 0 Å². The average Bonchev–Trinajstić information content (AvgIpc) is 2.90. The average molecular weight is 268 g/mol. The van der Waals surface area contributed by atoms with Gasteiger partial charge in [0.1, 0.15) is 5.69 Å². The van der Waals surface area contributed by atoms with Crippen molar-refractivity contribution in [1.82, 2.24) is 4.98 Å². The van der Waals surface area contributed by atoms with Crippen molar-refractivity contribution in [2.45, 2.75) is 6.42 Å². The lowest BCUT2D eigenvalue weighted by Crippen LogP contribution is -2.29. The molecule has 0 saturated carbocycles. The number of fused-ring (bicyclic) bond motifs is 1. The van der Waals surface area contributed by atoms with Crippen LogP contribution in [0.1, 0.15) is 26.4 Å². The Balaban J connectivity index is 1.98. The van der Waals surface area contributed by atoms with Crippen LogP contribution in [0, 0.1) is 0 Å². The Morgan fingerprint density at radius 1 is 1.20 bits per heavy atom. The van der Waals surface area contributed by atoms with Crippen LogP contribution in [0.4, 0.5) is 5.69 Å². The summed E-state index contributed by atoms with van der Waals surface area (Å²) in [4.78, 5) is 29.1. The van der Waals surface area contributed by atoms with Gasteiger partial charge in [-0.1, -0.05) is 12.1 Å². The van der Waals surface area contributed by atoms with Crippen molar-refractivity contribution in [3.05, 3.63) is 59.4 Å². The Kier molecular flexibility index (Phi) is 2.95. The summed E-state index contributed by atoms with van der Waals surface area (Å²) in [5.74, 6) is -1.20. The van der Waals surface area contributed by atoms with Crippen molar-refractivity contribution < 1.29 is 14.7 Å². The summed E-state index contributed by atoms with van der Waals surface area (Å²) in [6, 6.07) is 10.0. The molecular formula is C15H12N2O3. The van der Waals surface area contributed by atoms with Crippen LogP contribution in [0.15, 0.2) is 42.6 Å². The molecule has 0 unspecified atom stereocenters. The molecule has 20 heavy (non-hydrogen) atoms. The molecule has 2 heterocycles. The molecule has 0 atom stereocenters. The fourth-order valence-electron chi connectivity index (χ4n) is 2.35. The van der Waals surface area contributed by atoms with Gasteiger partial charge in [0.25, 0.3) is 5.91 Å². The Bertz CT molecular complexity index is 683. The molecule has 0 spiro atoms. The first kappa shape index (κ1) is 12.3. The van der Waals surface area contributed by atoms with Crippen molar-refractivity contribution in [2.75, 3.05) is 11.4 Å². The molecule has 1 N–H and O–H groups in total. The lowest BCUT2D eigenvalue weighted by molar-refractivity contribution is 0.0696. The van der Waals surface area contributed by atoms with Gasteiger partial charge in [0.05, 0.1) is 5.56 Å². The molecule has 0 radical (unpaired) electrons. The van der Waals surface area contributed by atoms with Crippen LogP contribution in [0.3, 0.4) is 0 Å². The molecule has 5 nitrogen and oxygen atoms in total. The highest BCUT2D eigenvalue weighted by Gasteiger charge is 2.27. The van der Waals surface area contributed by atoms with Crippen LogP contribution in [0.2, 0.25) is 0 Å². The minimum atomic E-state index is -0.995. The topological polar surface area (TPSA) is 70.5 Å². The first-order valence-electron chi connectivity index (χ1n) is 6.26. The molecule has 3 rings (SSSR count). The molecule has 0 aliphatic carbocycles. The third-order valence-corrected chi connectivity index (χ3v) is 3.36. The molecule has 0 bridgehead atoms. The van der Waals surface area contributed by atoms with Gasteiger partial charge in [-0.25, -0.2) is 4.79 Å². The number of amides is 1. The number of carboxylic acid groups (broad SMARTS) is 1. The zero-order chi connectivity index (χ0) is 14.1. The van der Waals surface area contributed by atoms with Gasteiger partial charge < -0.3 is 10.0 Å². The Morgan fingerprint density at radius 3 is 2.75 bits per heavy atom. The maximum absolute atomic E-state index is 12.4. The smallest absolute Gasteiger partial charge is 0.335 e. The number of carbonyl (C=O) groups is 2. The number of carbonyl (C=O) groups excluding carboxylic acids is 1. The second-order valence-corrected chi connectivity index (χ2v) is 4.57. The Hall–Kier alpha value is -2.69. The molecule has 5 heteroatoms. The van der Waals surface area contributed by atoms with E-state index in [0.717, 1.165) is 12.0 Å². The molecule has 1 amide bonds. The fourth-order valence-corrected chi connectivity index (χ4v) is 2.35. The highest BCUT2D eigenvalue weighted by Crippen LogP contribution is 2.30. The SMILES string of the molecule is O=C(O)c1ccc2c(c1)N(C(=O)c1ccccn1)CC2. The van der Waals surface area contributed by atoms with E-state index in [1.165, 1.54) is 0 Å². The van der Waals surface area contributed by atoms with E-state index in [0.29, 0.717) is 17.9 Å². The number of pyridine rings is 1. The Labute approximate surface area is 115 Å². The summed E-state index contributed by atoms with van der Waals surface area (Å²) >= 11 is 0. The zero-order valence-corrected chi connectivity index (χ0v) is 10.6. The monoisotopic (exact) mass is 268 g/mol. The number of rotatable bonds is 2. The summed E-state index contributed by atoms with van der Waals surface area (Å²) in [7, 11) is 0. The van der Waals surface area contributed by atoms with Gasteiger partial charge in [-0.3, -0.25) is 9.78 Å². The predicted molar refractivity (Wildman–Crippen MR) is 73.0 cm³/mol. The number of hydrogen-bond acceptors (Lipinski definition) is 3. The highest BCUT2D eigenvalue weighted by molar-refractivity contribution is 6.06. The number of aromatic nitrogens is 1. The lowest BCUT2D eigenvalue weighted by Gasteiger charge is -2.17. The van der Waals surface area contributed by atoms with Crippen LogP contribution in [0.25, 0.3) is 0 Å². The second-order valence-electron chi connectivity index (χ2n) is 4.57. The van der Waals surface area contributed by atoms with Crippen LogP contribution in [0.5, 0.6) is 0 Å². The van der Waals surface area contributed by atoms with Gasteiger partial charge in [0.2, 0.25) is 0 Å². The minimum absolute atomic E-state index is 0.185. The van der Waals surface area contributed by atoms with Crippen molar-refractivity contribution in [2.24, 2.45) is 0 Å². The summed E-state index contributed by atoms with van der Waals surface area (Å²) in [5, 5.41) is 9.04. The summed E-state index contributed by atoms with van der Waals surface area (Å²) in [5.41, 5.74) is 2.20. The molecular weight excluding hydrogens is 256 g/mol. The van der Waals surface area contributed by atoms with Crippen LogP contribution < -0.4 is 4.90 Å². The highest BCUT2D eigenvalue weighted by atomic mass is 16.4. The molecule has 1 aliphatic heterocycles. The maximum Gasteiger partial charge on any atom is 0.335 e. The number of nitrogens with zero attached hydrogens (tertiary/aromatic N) is 2. The van der Waals surface area contributed by atoms with Gasteiger partial charge in [0, 0.05) is 18.4 Å². The van der Waals surface area contributed by atoms with Gasteiger partial charge >= 0.3 is 5.97 Å². The Morgan fingerprint density at radius 2 is 2.05 bits per heavy atom. The normalized spacial score (nSPS) is 13.1. The van der Waals surface area contributed by atoms with Gasteiger partial charge in [0.15, 0.2) is 0 Å². The largest absolute Gasteiger partial charge is 0.478 e. The maximum atomic E-state index is 12.4. The van der Waals surface area contributed by atoms with E-state index in [2.05, 4.69) is 4.98 Å². The predicted octanol–water partition coefficient (Wildman–Crippen LogP) is 1.98. The van der Waals surface area contributed by atoms with Gasteiger partial charge in [-0.05, 0) is 36.2 Å². The van der Waals surface area contributed by atoms with Crippen molar-refractivity contribution in [3.63, 3.8) is 0 Å². The minimum Gasteiger partial charge on any atom is -0.478 e. The molecule has 100 valence electrons. The number of aromatic carboxylic acids is 1. The quantitative estimate of drug-likeness (QED) is 0.904. The second kappa shape index (κ2) is 4.77. The number of benzene rings is 1. The standard InChI is InChI=1S/C15H12N2O3/c18-14(12-3-1-2-7-16-12)17-8-6-10-4-5-11(15(19)20)9-13(10)17/h1-5,7,9H,6,8H2,(H,19,20). The van der Waals surface area contributed by atoms with Crippen molar-refractivity contribution >= 4 is 17.6 Å². The molecule has 1 aromatic heterocycles. The summed E-state index contributed by atoms with van der Waals surface area (Å²) in [6.45, 7) is 0.549. The van der Waals surface area contributed by atoms with Crippen LogP contribution in [-0.2, 0) is 6.42 Å². The van der Waals surface area contributed by atoms with E-state index in [1.54, 1.807) is 47.5 Å². The molecule has 0 fully saturated rings. The fraction of sp³-hybridized carbons (Fsp3) is 0.133. The van der Waals surface area contributed by atoms with Crippen molar-refractivity contribution in [3.8, 4) is 0 Å². The van der Waals surface area contributed by atoms with Crippen molar-refractivity contribution in [1.29, 1.82) is 0 Å². The van der Waals surface area contributed by atoms with E-state index in [-0.39, 0.29) is 11.5 Å². The van der Waals surface area contributed by atoms with Gasteiger partial charge in [-0.2, -0.15) is 0 Å². The van der Waals surface area contributed by atoms with Gasteiger partial charge in [-0.15, -0.1) is 0 Å². The van der Waals surface area contributed by atoms with E-state index in [4.69, 9.17) is 5.11 Å².